The zero-order chi connectivity index (χ0) is 55.2. The van der Waals surface area contributed by atoms with Crippen LogP contribution in [-0.4, -0.2) is 260 Å². The molecule has 3 fully saturated rings. The summed E-state index contributed by atoms with van der Waals surface area (Å²) in [5.74, 6) is -2.51. The highest BCUT2D eigenvalue weighted by Gasteiger charge is 2.46. The number of ether oxygens (including phenoxy) is 6. The number of amides is 5. The Balaban J connectivity index is 1.50. The monoisotopic (exact) mass is 1100 g/mol. The summed E-state index contributed by atoms with van der Waals surface area (Å²) >= 11 is 1.34. The van der Waals surface area contributed by atoms with Gasteiger partial charge in [0.05, 0.1) is 39.6 Å². The van der Waals surface area contributed by atoms with E-state index in [1.165, 1.54) is 18.7 Å². The minimum absolute atomic E-state index is 0.0786. The van der Waals surface area contributed by atoms with Gasteiger partial charge in [-0.2, -0.15) is 11.8 Å². The minimum Gasteiger partial charge on any atom is -0.394 e. The fraction of sp³-hybridized carbons (Fsp3) is 0.761. The minimum atomic E-state index is -1.70. The Labute approximate surface area is 436 Å². The second kappa shape index (κ2) is 32.2. The quantitative estimate of drug-likeness (QED) is 0.0307. The molecule has 0 bridgehead atoms. The average molecular weight is 1100 g/mol. The molecule has 3 aliphatic rings. The van der Waals surface area contributed by atoms with Crippen molar-refractivity contribution < 1.29 is 114 Å². The smallest absolute Gasteiger partial charge is 0.243 e. The van der Waals surface area contributed by atoms with Crippen LogP contribution < -0.4 is 26.6 Å². The molecule has 28 nitrogen and oxygen atoms in total. The summed E-state index contributed by atoms with van der Waals surface area (Å²) in [5.41, 5.74) is -0.603. The van der Waals surface area contributed by atoms with Gasteiger partial charge in [-0.1, -0.05) is 30.3 Å². The molecule has 428 valence electrons. The summed E-state index contributed by atoms with van der Waals surface area (Å²) in [6.07, 6.45) is -24.8. The van der Waals surface area contributed by atoms with Gasteiger partial charge in [0.2, 0.25) is 29.5 Å². The van der Waals surface area contributed by atoms with Gasteiger partial charge in [-0.05, 0) is 24.8 Å². The molecule has 0 aliphatic carbocycles. The molecular weight excluding hydrogens is 1020 g/mol. The Bertz CT molecular complexity index is 1750. The van der Waals surface area contributed by atoms with Crippen LogP contribution in [0.15, 0.2) is 30.3 Å². The lowest BCUT2D eigenvalue weighted by Gasteiger charge is -2.39. The van der Waals surface area contributed by atoms with Crippen molar-refractivity contribution in [2.24, 2.45) is 0 Å². The fourth-order valence-corrected chi connectivity index (χ4v) is 9.26. The Kier molecular flexibility index (Phi) is 27.3. The third-order valence-corrected chi connectivity index (χ3v) is 13.7. The Morgan fingerprint density at radius 1 is 0.560 bits per heavy atom. The van der Waals surface area contributed by atoms with E-state index in [-0.39, 0.29) is 83.7 Å². The molecule has 4 rings (SSSR count). The highest BCUT2D eigenvalue weighted by Crippen LogP contribution is 2.28. The number of carbonyl (C=O) groups is 5. The number of nitrogens with one attached hydrogen (secondary N) is 5. The lowest BCUT2D eigenvalue weighted by atomic mass is 9.82. The number of aliphatic hydroxyl groups is 12. The summed E-state index contributed by atoms with van der Waals surface area (Å²) in [6.45, 7) is -2.25. The van der Waals surface area contributed by atoms with Gasteiger partial charge in [-0.15, -0.1) is 0 Å². The predicted octanol–water partition coefficient (Wildman–Crippen LogP) is -7.58. The topological polar surface area (TPSA) is 444 Å². The SMILES string of the molecule is CC(=O)N[C@@H](CSCc1ccccc1)C(=O)NC(CCC(=O)NCCO[C@H]1O[C@H](CO)[C@@H](O)[C@H](O)[C@@H]1O)(CCC(=O)NCCO[C@H]1O[C@H](CO)[C@@H](O)[C@H](O)[C@@H]1O)CCC(=O)NCCO[C@H]1O[C@H](CO)[C@@H](O)[C@H](O)[C@@H]1O. The standard InChI is InChI=1S/C46H75N5O23S/c1-24(55)50-26(23-75-22-25-5-3-2-4-6-25)42(68)51-46(10-7-30(56)47-13-16-69-43-39(65)36(62)33(59)27(19-52)72-43,11-8-31(57)48-14-17-70-44-40(66)37(63)34(60)28(20-53)73-44)12-9-32(58)49-15-18-71-45-41(67)38(64)35(61)29(21-54)74-45/h2-6,26-29,33-41,43-45,52-54,59-67H,7-23H2,1H3,(H,47,56)(H,48,57)(H,49,58)(H,50,55)(H,51,68)/t26-,27+,28+,29+,33+,34+,35+,36-,37-,38-,39-,40-,41-,43-,44-,45-/m0/s1. The highest BCUT2D eigenvalue weighted by molar-refractivity contribution is 7.98. The molecule has 0 saturated carbocycles. The van der Waals surface area contributed by atoms with Crippen molar-refractivity contribution in [3.63, 3.8) is 0 Å². The Morgan fingerprint density at radius 2 is 0.920 bits per heavy atom. The first kappa shape index (κ1) is 63.7. The number of rotatable bonds is 31. The van der Waals surface area contributed by atoms with Gasteiger partial charge in [0.25, 0.3) is 0 Å². The van der Waals surface area contributed by atoms with Gasteiger partial charge < -0.3 is 116 Å². The van der Waals surface area contributed by atoms with Gasteiger partial charge in [0.15, 0.2) is 18.9 Å². The summed E-state index contributed by atoms with van der Waals surface area (Å²) in [4.78, 5) is 67.2. The molecule has 75 heavy (non-hydrogen) atoms. The van der Waals surface area contributed by atoms with Crippen LogP contribution in [0.25, 0.3) is 0 Å². The normalized spacial score (nSPS) is 30.4. The summed E-state index contributed by atoms with van der Waals surface area (Å²) in [5, 5.41) is 133. The fourth-order valence-electron chi connectivity index (χ4n) is 8.24. The van der Waals surface area contributed by atoms with Crippen molar-refractivity contribution >= 4 is 41.3 Å². The van der Waals surface area contributed by atoms with Crippen LogP contribution in [-0.2, 0) is 58.1 Å². The van der Waals surface area contributed by atoms with E-state index in [2.05, 4.69) is 26.6 Å². The van der Waals surface area contributed by atoms with Gasteiger partial charge in [0.1, 0.15) is 79.3 Å². The molecule has 16 atom stereocenters. The van der Waals surface area contributed by atoms with Crippen LogP contribution in [0.2, 0.25) is 0 Å². The van der Waals surface area contributed by atoms with E-state index in [4.69, 9.17) is 28.4 Å². The lowest BCUT2D eigenvalue weighted by molar-refractivity contribution is -0.300. The molecular formula is C46H75N5O23S. The van der Waals surface area contributed by atoms with E-state index in [1.807, 2.05) is 30.3 Å². The first-order valence-electron chi connectivity index (χ1n) is 24.5. The van der Waals surface area contributed by atoms with Crippen LogP contribution in [0.3, 0.4) is 0 Å². The first-order valence-corrected chi connectivity index (χ1v) is 25.7. The van der Waals surface area contributed by atoms with E-state index >= 15 is 0 Å². The maximum Gasteiger partial charge on any atom is 0.243 e. The zero-order valence-corrected chi connectivity index (χ0v) is 42.2. The predicted molar refractivity (Wildman–Crippen MR) is 257 cm³/mol. The number of carbonyl (C=O) groups excluding carboxylic acids is 5. The van der Waals surface area contributed by atoms with Crippen LogP contribution in [0, 0.1) is 0 Å². The van der Waals surface area contributed by atoms with Gasteiger partial charge in [0, 0.05) is 62.9 Å². The summed E-state index contributed by atoms with van der Waals surface area (Å²) < 4.78 is 32.4. The lowest BCUT2D eigenvalue weighted by Crippen LogP contribution is -2.59. The molecule has 29 heteroatoms. The molecule has 1 aromatic carbocycles. The van der Waals surface area contributed by atoms with Crippen LogP contribution in [0.4, 0.5) is 0 Å². The molecule has 0 aromatic heterocycles. The van der Waals surface area contributed by atoms with E-state index in [0.717, 1.165) is 5.56 Å². The molecule has 17 N–H and O–H groups in total. The van der Waals surface area contributed by atoms with Gasteiger partial charge in [-0.25, -0.2) is 0 Å². The number of hydrogen-bond acceptors (Lipinski definition) is 24. The van der Waals surface area contributed by atoms with Crippen LogP contribution >= 0.6 is 11.8 Å². The Morgan fingerprint density at radius 3 is 1.25 bits per heavy atom. The molecule has 0 unspecified atom stereocenters. The molecule has 3 saturated heterocycles. The summed E-state index contributed by atoms with van der Waals surface area (Å²) in [6, 6.07) is 8.16. The van der Waals surface area contributed by atoms with Crippen molar-refractivity contribution in [3.05, 3.63) is 35.9 Å². The number of thioether (sulfide) groups is 1. The highest BCUT2D eigenvalue weighted by atomic mass is 32.2. The van der Waals surface area contributed by atoms with E-state index in [1.54, 1.807) is 0 Å². The Hall–Kier alpha value is -3.80. The molecule has 0 radical (unpaired) electrons. The molecule has 1 aromatic rings. The van der Waals surface area contributed by atoms with E-state index in [9.17, 15) is 85.3 Å². The van der Waals surface area contributed by atoms with Gasteiger partial charge in [-0.3, -0.25) is 24.0 Å². The second-order valence-electron chi connectivity index (χ2n) is 18.3. The van der Waals surface area contributed by atoms with Crippen molar-refractivity contribution in [3.8, 4) is 0 Å². The average Bonchev–Trinajstić information content (AvgIpc) is 3.39. The van der Waals surface area contributed by atoms with Crippen molar-refractivity contribution in [2.45, 2.75) is 155 Å². The summed E-state index contributed by atoms with van der Waals surface area (Å²) in [7, 11) is 0. The second-order valence-corrected chi connectivity index (χ2v) is 19.3. The molecule has 0 spiro atoms. The number of aliphatic hydroxyl groups excluding tert-OH is 12. The van der Waals surface area contributed by atoms with Crippen LogP contribution in [0.1, 0.15) is 51.0 Å². The van der Waals surface area contributed by atoms with Crippen molar-refractivity contribution in [1.82, 2.24) is 26.6 Å². The number of benzene rings is 1. The van der Waals surface area contributed by atoms with E-state index in [0.29, 0.717) is 5.75 Å². The van der Waals surface area contributed by atoms with Crippen molar-refractivity contribution in [2.75, 3.05) is 65.0 Å². The molecule has 5 amide bonds. The number of hydrogen-bond donors (Lipinski definition) is 17. The van der Waals surface area contributed by atoms with Gasteiger partial charge >= 0.3 is 0 Å². The molecule has 3 aliphatic heterocycles. The third kappa shape index (κ3) is 19.9. The molecule has 3 heterocycles. The van der Waals surface area contributed by atoms with E-state index < -0.39 is 153 Å². The largest absolute Gasteiger partial charge is 0.394 e. The first-order chi connectivity index (χ1) is 35.7. The third-order valence-electron chi connectivity index (χ3n) is 12.6. The van der Waals surface area contributed by atoms with Crippen LogP contribution in [0.5, 0.6) is 0 Å². The van der Waals surface area contributed by atoms with Crippen molar-refractivity contribution in [1.29, 1.82) is 0 Å². The maximum absolute atomic E-state index is 14.4. The zero-order valence-electron chi connectivity index (χ0n) is 41.4. The maximum atomic E-state index is 14.4.